The molecule has 2 aromatic carbocycles. The lowest BCUT2D eigenvalue weighted by Gasteiger charge is -2.13. The van der Waals surface area contributed by atoms with Crippen molar-refractivity contribution in [1.82, 2.24) is 20.0 Å². The maximum absolute atomic E-state index is 13.3. The van der Waals surface area contributed by atoms with Gasteiger partial charge in [-0.1, -0.05) is 30.3 Å². The second-order valence-electron chi connectivity index (χ2n) is 7.23. The van der Waals surface area contributed by atoms with Crippen LogP contribution in [0, 0.1) is 13.8 Å². The summed E-state index contributed by atoms with van der Waals surface area (Å²) in [6.07, 6.45) is 0. The predicted molar refractivity (Wildman–Crippen MR) is 124 cm³/mol. The van der Waals surface area contributed by atoms with Gasteiger partial charge in [-0.2, -0.15) is 5.10 Å². The van der Waals surface area contributed by atoms with Crippen molar-refractivity contribution in [2.45, 2.75) is 18.7 Å². The Balaban J connectivity index is 1.67. The van der Waals surface area contributed by atoms with Crippen LogP contribution in [0.1, 0.15) is 11.4 Å². The van der Waals surface area contributed by atoms with Gasteiger partial charge in [-0.25, -0.2) is 13.1 Å². The standard InChI is InChI=1S/C23H23N5O4S/c1-15-23(33(29,30)27-20-11-10-18(31-3)14-21(20)32-4)16(2)28(26-15)22-13-12-19(24-25-22)17-8-6-5-7-9-17/h5-14,27H,1-4H3. The van der Waals surface area contributed by atoms with Gasteiger partial charge in [0.2, 0.25) is 0 Å². The van der Waals surface area contributed by atoms with Gasteiger partial charge in [0.25, 0.3) is 10.0 Å². The van der Waals surface area contributed by atoms with Gasteiger partial charge < -0.3 is 9.47 Å². The van der Waals surface area contributed by atoms with Crippen LogP contribution >= 0.6 is 0 Å². The van der Waals surface area contributed by atoms with Crippen LogP contribution in [0.4, 0.5) is 5.69 Å². The summed E-state index contributed by atoms with van der Waals surface area (Å²) < 4.78 is 41.1. The number of nitrogens with one attached hydrogen (secondary N) is 1. The molecule has 0 unspecified atom stereocenters. The summed E-state index contributed by atoms with van der Waals surface area (Å²) in [7, 11) is -0.987. The molecular formula is C23H23N5O4S. The third-order valence-electron chi connectivity index (χ3n) is 5.08. The number of hydrogen-bond donors (Lipinski definition) is 1. The Hall–Kier alpha value is -3.92. The normalized spacial score (nSPS) is 11.3. The fourth-order valence-electron chi connectivity index (χ4n) is 3.52. The van der Waals surface area contributed by atoms with Crippen LogP contribution in [0.5, 0.6) is 11.5 Å². The zero-order valence-electron chi connectivity index (χ0n) is 18.6. The van der Waals surface area contributed by atoms with E-state index in [2.05, 4.69) is 20.0 Å². The minimum Gasteiger partial charge on any atom is -0.497 e. The Bertz CT molecular complexity index is 1380. The topological polar surface area (TPSA) is 108 Å². The van der Waals surface area contributed by atoms with Gasteiger partial charge in [-0.3, -0.25) is 4.72 Å². The molecule has 2 heterocycles. The molecule has 2 aromatic heterocycles. The summed E-state index contributed by atoms with van der Waals surface area (Å²) in [5.74, 6) is 1.30. The van der Waals surface area contributed by atoms with Crippen LogP contribution in [0.15, 0.2) is 65.6 Å². The number of aryl methyl sites for hydroxylation is 1. The molecule has 0 aliphatic rings. The molecule has 0 aliphatic carbocycles. The number of anilines is 1. The van der Waals surface area contributed by atoms with Crippen molar-refractivity contribution in [3.63, 3.8) is 0 Å². The van der Waals surface area contributed by atoms with Gasteiger partial charge >= 0.3 is 0 Å². The fraction of sp³-hybridized carbons (Fsp3) is 0.174. The summed E-state index contributed by atoms with van der Waals surface area (Å²) in [6, 6.07) is 18.1. The molecule has 0 aliphatic heterocycles. The van der Waals surface area contributed by atoms with E-state index < -0.39 is 10.0 Å². The van der Waals surface area contributed by atoms with E-state index in [9.17, 15) is 8.42 Å². The quantitative estimate of drug-likeness (QED) is 0.443. The molecule has 33 heavy (non-hydrogen) atoms. The highest BCUT2D eigenvalue weighted by Crippen LogP contribution is 2.32. The molecule has 4 rings (SSSR count). The molecule has 0 radical (unpaired) electrons. The van der Waals surface area contributed by atoms with E-state index in [-0.39, 0.29) is 10.6 Å². The molecule has 4 aromatic rings. The van der Waals surface area contributed by atoms with Crippen molar-refractivity contribution in [2.24, 2.45) is 0 Å². The molecule has 1 N–H and O–H groups in total. The van der Waals surface area contributed by atoms with E-state index in [4.69, 9.17) is 9.47 Å². The van der Waals surface area contributed by atoms with Crippen LogP contribution in [-0.2, 0) is 10.0 Å². The molecule has 10 heteroatoms. The van der Waals surface area contributed by atoms with Crippen molar-refractivity contribution in [3.8, 4) is 28.6 Å². The molecule has 170 valence electrons. The van der Waals surface area contributed by atoms with Gasteiger partial charge in [0.15, 0.2) is 5.82 Å². The number of nitrogens with zero attached hydrogens (tertiary/aromatic N) is 4. The lowest BCUT2D eigenvalue weighted by atomic mass is 10.1. The molecule has 0 bridgehead atoms. The number of sulfonamides is 1. The van der Waals surface area contributed by atoms with Crippen LogP contribution in [-0.4, -0.2) is 42.6 Å². The summed E-state index contributed by atoms with van der Waals surface area (Å²) in [5.41, 5.74) is 2.68. The third kappa shape index (κ3) is 4.37. The summed E-state index contributed by atoms with van der Waals surface area (Å²) in [5, 5.41) is 12.9. The highest BCUT2D eigenvalue weighted by atomic mass is 32.2. The first-order chi connectivity index (χ1) is 15.8. The summed E-state index contributed by atoms with van der Waals surface area (Å²) in [4.78, 5) is 0.0642. The molecule has 0 amide bonds. The Morgan fingerprint density at radius 3 is 2.30 bits per heavy atom. The van der Waals surface area contributed by atoms with Crippen LogP contribution in [0.25, 0.3) is 17.1 Å². The van der Waals surface area contributed by atoms with Crippen LogP contribution < -0.4 is 14.2 Å². The van der Waals surface area contributed by atoms with E-state index in [0.29, 0.717) is 34.4 Å². The third-order valence-corrected chi connectivity index (χ3v) is 6.70. The number of rotatable bonds is 7. The molecule has 9 nitrogen and oxygen atoms in total. The Labute approximate surface area is 192 Å². The van der Waals surface area contributed by atoms with Crippen LogP contribution in [0.2, 0.25) is 0 Å². The van der Waals surface area contributed by atoms with Gasteiger partial charge in [-0.15, -0.1) is 10.2 Å². The van der Waals surface area contributed by atoms with E-state index in [1.54, 1.807) is 38.1 Å². The smallest absolute Gasteiger partial charge is 0.265 e. The Morgan fingerprint density at radius 2 is 1.67 bits per heavy atom. The summed E-state index contributed by atoms with van der Waals surface area (Å²) in [6.45, 7) is 3.31. The Morgan fingerprint density at radius 1 is 0.909 bits per heavy atom. The summed E-state index contributed by atoms with van der Waals surface area (Å²) >= 11 is 0. The van der Waals surface area contributed by atoms with Crippen molar-refractivity contribution >= 4 is 15.7 Å². The van der Waals surface area contributed by atoms with Crippen molar-refractivity contribution in [3.05, 3.63) is 72.1 Å². The second-order valence-corrected chi connectivity index (χ2v) is 8.85. The number of aromatic nitrogens is 4. The van der Waals surface area contributed by atoms with Gasteiger partial charge in [0.05, 0.1) is 37.0 Å². The molecule has 0 saturated heterocycles. The largest absolute Gasteiger partial charge is 0.497 e. The SMILES string of the molecule is COc1ccc(NS(=O)(=O)c2c(C)nn(-c3ccc(-c4ccccc4)nn3)c2C)c(OC)c1. The first kappa shape index (κ1) is 22.3. The Kier molecular flexibility index (Phi) is 6.01. The predicted octanol–water partition coefficient (Wildman–Crippen LogP) is 3.76. The number of ether oxygens (including phenoxy) is 2. The molecule has 0 saturated carbocycles. The van der Waals surface area contributed by atoms with Crippen LogP contribution in [0.3, 0.4) is 0 Å². The minimum atomic E-state index is -3.97. The first-order valence-corrected chi connectivity index (χ1v) is 11.5. The van der Waals surface area contributed by atoms with Gasteiger partial charge in [-0.05, 0) is 38.1 Å². The lowest BCUT2D eigenvalue weighted by molar-refractivity contribution is 0.395. The maximum Gasteiger partial charge on any atom is 0.265 e. The zero-order valence-corrected chi connectivity index (χ0v) is 19.4. The molecular weight excluding hydrogens is 442 g/mol. The number of benzene rings is 2. The first-order valence-electron chi connectivity index (χ1n) is 10.0. The van der Waals surface area contributed by atoms with E-state index in [1.165, 1.54) is 18.9 Å². The lowest BCUT2D eigenvalue weighted by Crippen LogP contribution is -2.15. The van der Waals surface area contributed by atoms with E-state index in [1.807, 2.05) is 36.4 Å². The fourth-order valence-corrected chi connectivity index (χ4v) is 4.99. The van der Waals surface area contributed by atoms with Crippen molar-refractivity contribution in [2.75, 3.05) is 18.9 Å². The maximum atomic E-state index is 13.3. The number of hydrogen-bond acceptors (Lipinski definition) is 7. The highest BCUT2D eigenvalue weighted by molar-refractivity contribution is 7.92. The molecule has 0 fully saturated rings. The van der Waals surface area contributed by atoms with E-state index in [0.717, 1.165) is 5.56 Å². The van der Waals surface area contributed by atoms with Gasteiger partial charge in [0, 0.05) is 11.6 Å². The van der Waals surface area contributed by atoms with Crippen molar-refractivity contribution < 1.29 is 17.9 Å². The highest BCUT2D eigenvalue weighted by Gasteiger charge is 2.27. The zero-order chi connectivity index (χ0) is 23.6. The number of methoxy groups -OCH3 is 2. The minimum absolute atomic E-state index is 0.0642. The van der Waals surface area contributed by atoms with Crippen molar-refractivity contribution in [1.29, 1.82) is 0 Å². The molecule has 0 atom stereocenters. The molecule has 0 spiro atoms. The average Bonchev–Trinajstić information content (AvgIpc) is 3.14. The average molecular weight is 466 g/mol. The van der Waals surface area contributed by atoms with Gasteiger partial charge in [0.1, 0.15) is 16.4 Å². The monoisotopic (exact) mass is 465 g/mol. The van der Waals surface area contributed by atoms with E-state index >= 15 is 0 Å². The second kappa shape index (κ2) is 8.91.